The van der Waals surface area contributed by atoms with Gasteiger partial charge in [0.25, 0.3) is 11.8 Å². The summed E-state index contributed by atoms with van der Waals surface area (Å²) in [5.74, 6) is -0.178. The van der Waals surface area contributed by atoms with Gasteiger partial charge >= 0.3 is 0 Å². The van der Waals surface area contributed by atoms with Gasteiger partial charge in [0.2, 0.25) is 0 Å². The zero-order valence-electron chi connectivity index (χ0n) is 18.9. The van der Waals surface area contributed by atoms with Crippen LogP contribution in [0.25, 0.3) is 0 Å². The molecule has 0 aliphatic heterocycles. The van der Waals surface area contributed by atoms with Crippen LogP contribution in [0, 0.1) is 0 Å². The number of nitrogens with one attached hydrogen (secondary N) is 3. The van der Waals surface area contributed by atoms with Crippen LogP contribution < -0.4 is 20.7 Å². The van der Waals surface area contributed by atoms with E-state index in [0.29, 0.717) is 42.3 Å². The van der Waals surface area contributed by atoms with Crippen LogP contribution in [0.3, 0.4) is 0 Å². The summed E-state index contributed by atoms with van der Waals surface area (Å²) in [6.45, 7) is 3.48. The van der Waals surface area contributed by atoms with Crippen molar-refractivity contribution < 1.29 is 19.1 Å². The fraction of sp³-hybridized carbons (Fsp3) is 0.375. The number of anilines is 1. The largest absolute Gasteiger partial charge is 0.493 e. The zero-order chi connectivity index (χ0) is 24.1. The molecule has 2 amide bonds. The van der Waals surface area contributed by atoms with Gasteiger partial charge in [-0.2, -0.15) is 0 Å². The summed E-state index contributed by atoms with van der Waals surface area (Å²) < 4.78 is 11.6. The van der Waals surface area contributed by atoms with Gasteiger partial charge in [0.05, 0.1) is 30.0 Å². The first-order chi connectivity index (χ1) is 16.0. The molecule has 0 saturated heterocycles. The third-order valence-electron chi connectivity index (χ3n) is 4.68. The highest BCUT2D eigenvalue weighted by molar-refractivity contribution is 9.10. The number of thiocarbonyl (C=S) groups is 1. The lowest BCUT2D eigenvalue weighted by Gasteiger charge is -2.15. The molecule has 0 unspecified atom stereocenters. The Bertz CT molecular complexity index is 955. The summed E-state index contributed by atoms with van der Waals surface area (Å²) in [5, 5.41) is 8.45. The van der Waals surface area contributed by atoms with E-state index >= 15 is 0 Å². The fourth-order valence-corrected chi connectivity index (χ4v) is 3.56. The van der Waals surface area contributed by atoms with Crippen molar-refractivity contribution in [2.75, 3.05) is 32.2 Å². The highest BCUT2D eigenvalue weighted by Gasteiger charge is 2.17. The molecule has 0 aliphatic rings. The minimum atomic E-state index is -0.403. The van der Waals surface area contributed by atoms with Crippen molar-refractivity contribution in [1.29, 1.82) is 0 Å². The van der Waals surface area contributed by atoms with Crippen molar-refractivity contribution >= 4 is 50.8 Å². The lowest BCUT2D eigenvalue weighted by atomic mass is 10.1. The fourth-order valence-electron chi connectivity index (χ4n) is 2.99. The van der Waals surface area contributed by atoms with E-state index in [0.717, 1.165) is 30.2 Å². The molecule has 7 nitrogen and oxygen atoms in total. The summed E-state index contributed by atoms with van der Waals surface area (Å²) >= 11 is 8.73. The number of halogens is 1. The molecule has 178 valence electrons. The van der Waals surface area contributed by atoms with E-state index in [2.05, 4.69) is 38.8 Å². The normalized spacial score (nSPS) is 10.4. The SMILES string of the molecule is CCCCCCOc1ccc(Br)cc1C(=O)NC(=S)Nc1ccccc1C(=O)NCCOC. The number of amides is 2. The van der Waals surface area contributed by atoms with Gasteiger partial charge < -0.3 is 20.1 Å². The molecule has 0 atom stereocenters. The van der Waals surface area contributed by atoms with Crippen LogP contribution in [0.4, 0.5) is 5.69 Å². The van der Waals surface area contributed by atoms with Gasteiger partial charge in [-0.05, 0) is 49.0 Å². The van der Waals surface area contributed by atoms with E-state index in [1.54, 1.807) is 43.5 Å². The Morgan fingerprint density at radius 3 is 2.55 bits per heavy atom. The third-order valence-corrected chi connectivity index (χ3v) is 5.38. The highest BCUT2D eigenvalue weighted by Crippen LogP contribution is 2.24. The van der Waals surface area contributed by atoms with Crippen LogP contribution in [-0.2, 0) is 4.74 Å². The number of hydrogen-bond acceptors (Lipinski definition) is 5. The van der Waals surface area contributed by atoms with Crippen LogP contribution in [0.5, 0.6) is 5.75 Å². The Labute approximate surface area is 208 Å². The molecule has 0 fully saturated rings. The number of hydrogen-bond donors (Lipinski definition) is 3. The molecule has 3 N–H and O–H groups in total. The maximum absolute atomic E-state index is 12.9. The van der Waals surface area contributed by atoms with Crippen molar-refractivity contribution in [2.24, 2.45) is 0 Å². The number of para-hydroxylation sites is 1. The van der Waals surface area contributed by atoms with E-state index in [9.17, 15) is 9.59 Å². The predicted molar refractivity (Wildman–Crippen MR) is 138 cm³/mol. The Morgan fingerprint density at radius 2 is 1.79 bits per heavy atom. The number of methoxy groups -OCH3 is 1. The lowest BCUT2D eigenvalue weighted by molar-refractivity contribution is 0.0936. The summed E-state index contributed by atoms with van der Waals surface area (Å²) in [6.07, 6.45) is 4.31. The Balaban J connectivity index is 2.03. The Hall–Kier alpha value is -2.49. The average Bonchev–Trinajstić information content (AvgIpc) is 2.80. The molecule has 0 aromatic heterocycles. The molecule has 0 heterocycles. The second kappa shape index (κ2) is 14.6. The molecule has 0 radical (unpaired) electrons. The van der Waals surface area contributed by atoms with Crippen molar-refractivity contribution in [3.63, 3.8) is 0 Å². The van der Waals surface area contributed by atoms with E-state index in [1.807, 2.05) is 6.07 Å². The quantitative estimate of drug-likeness (QED) is 0.264. The molecular formula is C24H30BrN3O4S. The smallest absolute Gasteiger partial charge is 0.261 e. The van der Waals surface area contributed by atoms with Gasteiger partial charge in [-0.25, -0.2) is 0 Å². The van der Waals surface area contributed by atoms with Crippen LogP contribution >= 0.6 is 28.1 Å². The number of rotatable bonds is 12. The maximum Gasteiger partial charge on any atom is 0.261 e. The van der Waals surface area contributed by atoms with Crippen molar-refractivity contribution in [3.8, 4) is 5.75 Å². The first kappa shape index (κ1) is 26.8. The Kier molecular flexibility index (Phi) is 11.9. The number of carbonyl (C=O) groups excluding carboxylic acids is 2. The first-order valence-corrected chi connectivity index (χ1v) is 12.1. The van der Waals surface area contributed by atoms with Crippen molar-refractivity contribution in [2.45, 2.75) is 32.6 Å². The second-order valence-electron chi connectivity index (χ2n) is 7.25. The van der Waals surface area contributed by atoms with Gasteiger partial charge in [-0.15, -0.1) is 0 Å². The summed E-state index contributed by atoms with van der Waals surface area (Å²) in [5.41, 5.74) is 1.26. The second-order valence-corrected chi connectivity index (χ2v) is 8.58. The zero-order valence-corrected chi connectivity index (χ0v) is 21.3. The maximum atomic E-state index is 12.9. The molecule has 0 bridgehead atoms. The standard InChI is InChI=1S/C24H30BrN3O4S/c1-3-4-5-8-14-32-21-12-11-17(25)16-19(21)23(30)28-24(33)27-20-10-7-6-9-18(20)22(29)26-13-15-31-2/h6-7,9-12,16H,3-5,8,13-15H2,1-2H3,(H,26,29)(H2,27,28,30,33). The summed E-state index contributed by atoms with van der Waals surface area (Å²) in [4.78, 5) is 25.4. The molecule has 33 heavy (non-hydrogen) atoms. The molecule has 9 heteroatoms. The first-order valence-electron chi connectivity index (χ1n) is 10.9. The average molecular weight is 536 g/mol. The molecule has 0 aliphatic carbocycles. The van der Waals surface area contributed by atoms with Gasteiger partial charge in [-0.1, -0.05) is 54.2 Å². The topological polar surface area (TPSA) is 88.7 Å². The van der Waals surface area contributed by atoms with Crippen molar-refractivity contribution in [3.05, 3.63) is 58.1 Å². The molecule has 2 aromatic rings. The van der Waals surface area contributed by atoms with Crippen LogP contribution in [0.15, 0.2) is 46.9 Å². The minimum Gasteiger partial charge on any atom is -0.493 e. The Morgan fingerprint density at radius 1 is 1.00 bits per heavy atom. The molecule has 0 saturated carbocycles. The minimum absolute atomic E-state index is 0.0750. The van der Waals surface area contributed by atoms with Crippen LogP contribution in [0.1, 0.15) is 53.3 Å². The van der Waals surface area contributed by atoms with Gasteiger partial charge in [-0.3, -0.25) is 14.9 Å². The van der Waals surface area contributed by atoms with Gasteiger partial charge in [0.15, 0.2) is 5.11 Å². The van der Waals surface area contributed by atoms with E-state index in [4.69, 9.17) is 21.7 Å². The summed E-state index contributed by atoms with van der Waals surface area (Å²) in [7, 11) is 1.57. The molecule has 2 rings (SSSR count). The molecular weight excluding hydrogens is 506 g/mol. The van der Waals surface area contributed by atoms with Gasteiger partial charge in [0.1, 0.15) is 5.75 Å². The van der Waals surface area contributed by atoms with Gasteiger partial charge in [0, 0.05) is 18.1 Å². The van der Waals surface area contributed by atoms with Crippen molar-refractivity contribution in [1.82, 2.24) is 10.6 Å². The number of carbonyl (C=O) groups is 2. The van der Waals surface area contributed by atoms with E-state index in [-0.39, 0.29) is 11.0 Å². The van der Waals surface area contributed by atoms with Crippen LogP contribution in [-0.4, -0.2) is 43.8 Å². The molecule has 0 spiro atoms. The predicted octanol–water partition coefficient (Wildman–Crippen LogP) is 4.91. The number of unbranched alkanes of at least 4 members (excludes halogenated alkanes) is 3. The monoisotopic (exact) mass is 535 g/mol. The molecule has 2 aromatic carbocycles. The third kappa shape index (κ3) is 9.11. The van der Waals surface area contributed by atoms with Crippen LogP contribution in [0.2, 0.25) is 0 Å². The number of ether oxygens (including phenoxy) is 2. The summed E-state index contributed by atoms with van der Waals surface area (Å²) in [6, 6.07) is 12.2. The van der Waals surface area contributed by atoms with E-state index in [1.165, 1.54) is 0 Å². The number of benzene rings is 2. The lowest BCUT2D eigenvalue weighted by Crippen LogP contribution is -2.35. The highest BCUT2D eigenvalue weighted by atomic mass is 79.9. The van der Waals surface area contributed by atoms with E-state index < -0.39 is 5.91 Å².